The molecule has 1 aromatic carbocycles. The molecule has 0 bridgehead atoms. The Morgan fingerprint density at radius 1 is 1.29 bits per heavy atom. The number of nitriles is 1. The number of nitrogens with zero attached hydrogens (tertiary/aromatic N) is 4. The van der Waals surface area contributed by atoms with Crippen LogP contribution in [0.2, 0.25) is 0 Å². The normalized spacial score (nSPS) is 10.5. The fourth-order valence-corrected chi connectivity index (χ4v) is 2.07. The number of pyridine rings is 1. The summed E-state index contributed by atoms with van der Waals surface area (Å²) in [5.74, 6) is -0.100. The maximum atomic E-state index is 14.2. The van der Waals surface area contributed by atoms with Gasteiger partial charge in [0.15, 0.2) is 5.65 Å². The summed E-state index contributed by atoms with van der Waals surface area (Å²) in [6, 6.07) is 9.32. The molecule has 2 heterocycles. The number of halogens is 1. The second-order valence-electron chi connectivity index (χ2n) is 4.28. The van der Waals surface area contributed by atoms with Crippen molar-refractivity contribution in [2.45, 2.75) is 0 Å². The molecule has 0 saturated heterocycles. The number of anilines is 1. The first-order chi connectivity index (χ1) is 10.1. The number of aromatic nitrogens is 3. The van der Waals surface area contributed by atoms with Gasteiger partial charge in [-0.05, 0) is 24.3 Å². The Kier molecular flexibility index (Phi) is 2.92. The van der Waals surface area contributed by atoms with Crippen molar-refractivity contribution in [2.24, 2.45) is 0 Å². The Bertz CT molecular complexity index is 881. The van der Waals surface area contributed by atoms with E-state index in [0.717, 1.165) is 6.07 Å². The Balaban J connectivity index is 2.29. The lowest BCUT2D eigenvalue weighted by atomic mass is 10.2. The predicted octanol–water partition coefficient (Wildman–Crippen LogP) is 2.02. The van der Waals surface area contributed by atoms with E-state index in [4.69, 9.17) is 15.7 Å². The summed E-state index contributed by atoms with van der Waals surface area (Å²) in [7, 11) is 1.49. The molecule has 3 aromatic rings. The number of nitrogens with two attached hydrogens (primary N) is 1. The highest BCUT2D eigenvalue weighted by atomic mass is 19.1. The zero-order valence-corrected chi connectivity index (χ0v) is 11.0. The van der Waals surface area contributed by atoms with E-state index in [-0.39, 0.29) is 17.2 Å². The van der Waals surface area contributed by atoms with E-state index in [2.05, 4.69) is 9.97 Å². The molecule has 0 unspecified atom stereocenters. The topological polar surface area (TPSA) is 89.8 Å². The van der Waals surface area contributed by atoms with Gasteiger partial charge in [0.25, 0.3) is 0 Å². The summed E-state index contributed by atoms with van der Waals surface area (Å²) in [5, 5.41) is 8.79. The van der Waals surface area contributed by atoms with E-state index >= 15 is 0 Å². The van der Waals surface area contributed by atoms with Crippen molar-refractivity contribution in [3.05, 3.63) is 41.7 Å². The monoisotopic (exact) mass is 283 g/mol. The number of imidazole rings is 1. The molecule has 104 valence electrons. The van der Waals surface area contributed by atoms with Crippen LogP contribution in [0.25, 0.3) is 16.9 Å². The summed E-state index contributed by atoms with van der Waals surface area (Å²) in [6.07, 6.45) is 0. The van der Waals surface area contributed by atoms with Crippen LogP contribution in [0.4, 0.5) is 10.3 Å². The summed E-state index contributed by atoms with van der Waals surface area (Å²) in [4.78, 5) is 8.38. The Morgan fingerprint density at radius 3 is 2.76 bits per heavy atom. The summed E-state index contributed by atoms with van der Waals surface area (Å²) in [6.45, 7) is 0. The van der Waals surface area contributed by atoms with Gasteiger partial charge in [0.1, 0.15) is 11.3 Å². The van der Waals surface area contributed by atoms with Crippen LogP contribution in [0, 0.1) is 17.1 Å². The third-order valence-electron chi connectivity index (χ3n) is 3.03. The smallest absolute Gasteiger partial charge is 0.215 e. The number of fused-ring (bicyclic) bond motifs is 1. The standard InChI is InChI=1S/C14H10FN5O/c1-21-12-5-3-10-13(19-12)20(14(17)18-10)11-4-2-8(7-16)6-9(11)15/h2-6H,1H3,(H2,17,18). The fraction of sp³-hybridized carbons (Fsp3) is 0.0714. The Hall–Kier alpha value is -3.14. The van der Waals surface area contributed by atoms with Crippen LogP contribution in [0.1, 0.15) is 5.56 Å². The van der Waals surface area contributed by atoms with Crippen LogP contribution >= 0.6 is 0 Å². The fourth-order valence-electron chi connectivity index (χ4n) is 2.07. The first kappa shape index (κ1) is 12.9. The van der Waals surface area contributed by atoms with Gasteiger partial charge < -0.3 is 10.5 Å². The molecule has 0 amide bonds. The molecular weight excluding hydrogens is 273 g/mol. The van der Waals surface area contributed by atoms with Crippen molar-refractivity contribution in [1.29, 1.82) is 5.26 Å². The van der Waals surface area contributed by atoms with E-state index < -0.39 is 5.82 Å². The lowest BCUT2D eigenvalue weighted by molar-refractivity contribution is 0.399. The number of hydrogen-bond acceptors (Lipinski definition) is 5. The molecule has 0 radical (unpaired) electrons. The molecule has 3 rings (SSSR count). The SMILES string of the molecule is COc1ccc2nc(N)n(-c3ccc(C#N)cc3F)c2n1. The number of ether oxygens (including phenoxy) is 1. The number of methoxy groups -OCH3 is 1. The first-order valence-electron chi connectivity index (χ1n) is 6.03. The van der Waals surface area contributed by atoms with E-state index in [0.29, 0.717) is 17.0 Å². The average Bonchev–Trinajstić information content (AvgIpc) is 2.82. The molecule has 0 aliphatic heterocycles. The van der Waals surface area contributed by atoms with E-state index in [1.165, 1.54) is 23.8 Å². The quantitative estimate of drug-likeness (QED) is 0.777. The molecule has 0 atom stereocenters. The van der Waals surface area contributed by atoms with Crippen LogP contribution in [-0.4, -0.2) is 21.6 Å². The third-order valence-corrected chi connectivity index (χ3v) is 3.03. The molecular formula is C14H10FN5O. The van der Waals surface area contributed by atoms with Crippen LogP contribution in [-0.2, 0) is 0 Å². The molecule has 6 nitrogen and oxygen atoms in total. The molecule has 0 spiro atoms. The summed E-state index contributed by atoms with van der Waals surface area (Å²) >= 11 is 0. The number of rotatable bonds is 2. The van der Waals surface area contributed by atoms with Gasteiger partial charge in [-0.25, -0.2) is 9.37 Å². The van der Waals surface area contributed by atoms with Gasteiger partial charge in [0.05, 0.1) is 24.4 Å². The zero-order chi connectivity index (χ0) is 15.0. The van der Waals surface area contributed by atoms with Gasteiger partial charge in [-0.2, -0.15) is 10.2 Å². The number of nitrogen functional groups attached to an aromatic ring is 1. The summed E-state index contributed by atoms with van der Waals surface area (Å²) < 4.78 is 20.6. The van der Waals surface area contributed by atoms with Crippen molar-refractivity contribution < 1.29 is 9.13 Å². The van der Waals surface area contributed by atoms with Crippen molar-refractivity contribution >= 4 is 17.1 Å². The molecule has 2 aromatic heterocycles. The van der Waals surface area contributed by atoms with Gasteiger partial charge in [0.2, 0.25) is 11.8 Å². The van der Waals surface area contributed by atoms with Crippen LogP contribution in [0.5, 0.6) is 5.88 Å². The van der Waals surface area contributed by atoms with Crippen LogP contribution in [0.15, 0.2) is 30.3 Å². The minimum atomic E-state index is -0.579. The van der Waals surface area contributed by atoms with Crippen LogP contribution in [0.3, 0.4) is 0 Å². The second kappa shape index (κ2) is 4.76. The maximum Gasteiger partial charge on any atom is 0.215 e. The lowest BCUT2D eigenvalue weighted by Gasteiger charge is -2.07. The van der Waals surface area contributed by atoms with Crippen LogP contribution < -0.4 is 10.5 Å². The molecule has 0 aliphatic carbocycles. The largest absolute Gasteiger partial charge is 0.481 e. The third kappa shape index (κ3) is 2.03. The molecule has 0 fully saturated rings. The minimum absolute atomic E-state index is 0.106. The van der Waals surface area contributed by atoms with Crippen molar-refractivity contribution in [3.63, 3.8) is 0 Å². The van der Waals surface area contributed by atoms with Gasteiger partial charge >= 0.3 is 0 Å². The van der Waals surface area contributed by atoms with Crippen molar-refractivity contribution in [2.75, 3.05) is 12.8 Å². The maximum absolute atomic E-state index is 14.2. The minimum Gasteiger partial charge on any atom is -0.481 e. The average molecular weight is 283 g/mol. The lowest BCUT2D eigenvalue weighted by Crippen LogP contribution is -2.04. The highest BCUT2D eigenvalue weighted by Crippen LogP contribution is 2.25. The Labute approximate surface area is 119 Å². The van der Waals surface area contributed by atoms with Gasteiger partial charge in [-0.3, -0.25) is 4.57 Å². The highest BCUT2D eigenvalue weighted by Gasteiger charge is 2.15. The van der Waals surface area contributed by atoms with E-state index in [1.54, 1.807) is 12.1 Å². The van der Waals surface area contributed by atoms with Crippen molar-refractivity contribution in [3.8, 4) is 17.6 Å². The second-order valence-corrected chi connectivity index (χ2v) is 4.28. The van der Waals surface area contributed by atoms with Gasteiger partial charge in [-0.1, -0.05) is 0 Å². The number of benzene rings is 1. The molecule has 7 heteroatoms. The summed E-state index contributed by atoms with van der Waals surface area (Å²) in [5.41, 5.74) is 7.17. The molecule has 21 heavy (non-hydrogen) atoms. The molecule has 0 aliphatic rings. The van der Waals surface area contributed by atoms with Gasteiger partial charge in [-0.15, -0.1) is 0 Å². The van der Waals surface area contributed by atoms with Crippen molar-refractivity contribution in [1.82, 2.24) is 14.5 Å². The van der Waals surface area contributed by atoms with Gasteiger partial charge in [0, 0.05) is 6.07 Å². The first-order valence-corrected chi connectivity index (χ1v) is 6.03. The highest BCUT2D eigenvalue weighted by molar-refractivity contribution is 5.77. The Morgan fingerprint density at radius 2 is 2.10 bits per heavy atom. The molecule has 2 N–H and O–H groups in total. The molecule has 0 saturated carbocycles. The van der Waals surface area contributed by atoms with E-state index in [1.807, 2.05) is 6.07 Å². The number of hydrogen-bond donors (Lipinski definition) is 1. The predicted molar refractivity (Wildman–Crippen MR) is 74.5 cm³/mol. The zero-order valence-electron chi connectivity index (χ0n) is 11.0. The van der Waals surface area contributed by atoms with E-state index in [9.17, 15) is 4.39 Å².